The van der Waals surface area contributed by atoms with E-state index >= 15 is 0 Å². The van der Waals surface area contributed by atoms with Crippen LogP contribution in [-0.4, -0.2) is 0 Å². The molecule has 2 aromatic rings. The summed E-state index contributed by atoms with van der Waals surface area (Å²) in [5.74, 6) is -3.91. The molecule has 6 heteroatoms. The first-order chi connectivity index (χ1) is 8.47. The van der Waals surface area contributed by atoms with Crippen LogP contribution < -0.4 is 11.1 Å². The molecule has 0 atom stereocenters. The van der Waals surface area contributed by atoms with Gasteiger partial charge in [-0.3, -0.25) is 0 Å². The van der Waals surface area contributed by atoms with Crippen molar-refractivity contribution in [3.05, 3.63) is 53.6 Å². The lowest BCUT2D eigenvalue weighted by atomic mass is 10.2. The smallest absolute Gasteiger partial charge is 0.152 e. The average molecular weight is 256 g/mol. The van der Waals surface area contributed by atoms with Gasteiger partial charge in [-0.05, 0) is 18.2 Å². The van der Waals surface area contributed by atoms with Crippen LogP contribution in [0.25, 0.3) is 0 Å². The van der Waals surface area contributed by atoms with E-state index in [4.69, 9.17) is 5.73 Å². The van der Waals surface area contributed by atoms with Gasteiger partial charge in [0.15, 0.2) is 11.6 Å². The molecule has 3 N–H and O–H groups in total. The Morgan fingerprint density at radius 2 is 1.44 bits per heavy atom. The predicted molar refractivity (Wildman–Crippen MR) is 60.4 cm³/mol. The van der Waals surface area contributed by atoms with Crippen molar-refractivity contribution in [2.75, 3.05) is 11.1 Å². The lowest BCUT2D eigenvalue weighted by Gasteiger charge is -2.11. The lowest BCUT2D eigenvalue weighted by Crippen LogP contribution is -2.02. The van der Waals surface area contributed by atoms with Crippen LogP contribution in [0.4, 0.5) is 34.6 Å². The summed E-state index contributed by atoms with van der Waals surface area (Å²) in [7, 11) is 0. The summed E-state index contributed by atoms with van der Waals surface area (Å²) >= 11 is 0. The molecular weight excluding hydrogens is 248 g/mol. The normalized spacial score (nSPS) is 10.4. The fourth-order valence-corrected chi connectivity index (χ4v) is 1.43. The van der Waals surface area contributed by atoms with Crippen LogP contribution in [0.15, 0.2) is 30.3 Å². The van der Waals surface area contributed by atoms with Gasteiger partial charge in [-0.2, -0.15) is 0 Å². The number of nitrogens with one attached hydrogen (secondary N) is 1. The van der Waals surface area contributed by atoms with Crippen LogP contribution in [0.5, 0.6) is 0 Å². The molecule has 0 bridgehead atoms. The second-order valence-corrected chi connectivity index (χ2v) is 3.60. The highest BCUT2D eigenvalue weighted by atomic mass is 19.1. The third-order valence-corrected chi connectivity index (χ3v) is 2.28. The number of benzene rings is 2. The predicted octanol–water partition coefficient (Wildman–Crippen LogP) is 3.57. The van der Waals surface area contributed by atoms with Crippen molar-refractivity contribution in [1.29, 1.82) is 0 Å². The fraction of sp³-hybridized carbons (Fsp3) is 0. The number of halogens is 4. The van der Waals surface area contributed by atoms with Crippen LogP contribution in [0.2, 0.25) is 0 Å². The van der Waals surface area contributed by atoms with Gasteiger partial charge in [0.1, 0.15) is 17.3 Å². The zero-order valence-corrected chi connectivity index (χ0v) is 8.98. The van der Waals surface area contributed by atoms with Crippen LogP contribution >= 0.6 is 0 Å². The Balaban J connectivity index is 2.43. The number of hydrogen-bond donors (Lipinski definition) is 2. The molecule has 0 aliphatic heterocycles. The molecule has 0 saturated carbocycles. The summed E-state index contributed by atoms with van der Waals surface area (Å²) in [5.41, 5.74) is 5.04. The summed E-state index contributed by atoms with van der Waals surface area (Å²) in [4.78, 5) is 0. The molecule has 18 heavy (non-hydrogen) atoms. The molecule has 0 unspecified atom stereocenters. The minimum Gasteiger partial charge on any atom is -0.397 e. The number of hydrogen-bond acceptors (Lipinski definition) is 2. The summed E-state index contributed by atoms with van der Waals surface area (Å²) < 4.78 is 52.4. The van der Waals surface area contributed by atoms with Gasteiger partial charge < -0.3 is 11.1 Å². The van der Waals surface area contributed by atoms with E-state index < -0.39 is 29.0 Å². The maximum absolute atomic E-state index is 13.4. The van der Waals surface area contributed by atoms with E-state index in [2.05, 4.69) is 5.32 Å². The highest BCUT2D eigenvalue weighted by molar-refractivity contribution is 5.72. The maximum atomic E-state index is 13.4. The molecule has 2 aromatic carbocycles. The Bertz CT molecular complexity index is 576. The van der Waals surface area contributed by atoms with Gasteiger partial charge >= 0.3 is 0 Å². The molecular formula is C12H8F4N2. The SMILES string of the molecule is Nc1ccc(F)cc1Nc1c(F)cc(F)cc1F. The number of anilines is 3. The van der Waals surface area contributed by atoms with Crippen molar-refractivity contribution in [2.45, 2.75) is 0 Å². The largest absolute Gasteiger partial charge is 0.397 e. The monoisotopic (exact) mass is 256 g/mol. The molecule has 0 heterocycles. The van der Waals surface area contributed by atoms with Crippen LogP contribution in [-0.2, 0) is 0 Å². The first-order valence-electron chi connectivity index (χ1n) is 4.94. The van der Waals surface area contributed by atoms with Gasteiger partial charge in [0.2, 0.25) is 0 Å². The zero-order valence-electron chi connectivity index (χ0n) is 8.98. The third-order valence-electron chi connectivity index (χ3n) is 2.28. The number of nitrogens with two attached hydrogens (primary N) is 1. The molecule has 0 radical (unpaired) electrons. The number of rotatable bonds is 2. The molecule has 0 aliphatic rings. The first-order valence-corrected chi connectivity index (χ1v) is 4.94. The van der Waals surface area contributed by atoms with Crippen molar-refractivity contribution in [2.24, 2.45) is 0 Å². The van der Waals surface area contributed by atoms with E-state index in [1.165, 1.54) is 6.07 Å². The first kappa shape index (κ1) is 12.2. The van der Waals surface area contributed by atoms with E-state index in [0.29, 0.717) is 12.1 Å². The van der Waals surface area contributed by atoms with Crippen LogP contribution in [0, 0.1) is 23.3 Å². The van der Waals surface area contributed by atoms with E-state index in [0.717, 1.165) is 12.1 Å². The minimum absolute atomic E-state index is 0.000548. The van der Waals surface area contributed by atoms with Gasteiger partial charge in [0.05, 0.1) is 11.4 Å². The van der Waals surface area contributed by atoms with Gasteiger partial charge in [0, 0.05) is 12.1 Å². The fourth-order valence-electron chi connectivity index (χ4n) is 1.43. The second-order valence-electron chi connectivity index (χ2n) is 3.60. The van der Waals surface area contributed by atoms with Crippen molar-refractivity contribution >= 4 is 17.1 Å². The van der Waals surface area contributed by atoms with Gasteiger partial charge in [-0.25, -0.2) is 17.6 Å². The molecule has 2 nitrogen and oxygen atoms in total. The zero-order chi connectivity index (χ0) is 13.3. The maximum Gasteiger partial charge on any atom is 0.152 e. The average Bonchev–Trinajstić information content (AvgIpc) is 2.28. The molecule has 0 saturated heterocycles. The molecule has 0 amide bonds. The van der Waals surface area contributed by atoms with E-state index in [9.17, 15) is 17.6 Å². The molecule has 0 aromatic heterocycles. The molecule has 94 valence electrons. The Labute approximate surface area is 100 Å². The van der Waals surface area contributed by atoms with E-state index in [1.807, 2.05) is 0 Å². The van der Waals surface area contributed by atoms with Crippen molar-refractivity contribution in [3.8, 4) is 0 Å². The molecule has 0 aliphatic carbocycles. The quantitative estimate of drug-likeness (QED) is 0.636. The Kier molecular flexibility index (Phi) is 3.10. The van der Waals surface area contributed by atoms with Gasteiger partial charge in [-0.15, -0.1) is 0 Å². The standard InChI is InChI=1S/C12H8F4N2/c13-6-1-2-10(17)11(5-6)18-12-8(15)3-7(14)4-9(12)16/h1-5,18H,17H2. The van der Waals surface area contributed by atoms with Crippen molar-refractivity contribution < 1.29 is 17.6 Å². The number of nitrogen functional groups attached to an aromatic ring is 1. The molecule has 2 rings (SSSR count). The van der Waals surface area contributed by atoms with Gasteiger partial charge in [0.25, 0.3) is 0 Å². The topological polar surface area (TPSA) is 38.0 Å². The molecule has 0 spiro atoms. The highest BCUT2D eigenvalue weighted by Crippen LogP contribution is 2.28. The summed E-state index contributed by atoms with van der Waals surface area (Å²) in [6.07, 6.45) is 0. The van der Waals surface area contributed by atoms with Crippen molar-refractivity contribution in [3.63, 3.8) is 0 Å². The van der Waals surface area contributed by atoms with E-state index in [-0.39, 0.29) is 11.4 Å². The summed E-state index contributed by atoms with van der Waals surface area (Å²) in [6, 6.07) is 4.37. The second kappa shape index (κ2) is 4.56. The lowest BCUT2D eigenvalue weighted by molar-refractivity contribution is 0.549. The van der Waals surface area contributed by atoms with Crippen LogP contribution in [0.3, 0.4) is 0 Å². The Morgan fingerprint density at radius 3 is 2.06 bits per heavy atom. The Hall–Kier alpha value is -2.24. The molecule has 0 fully saturated rings. The Morgan fingerprint density at radius 1 is 0.833 bits per heavy atom. The summed E-state index contributed by atoms with van der Waals surface area (Å²) in [5, 5.41) is 2.30. The minimum atomic E-state index is -1.13. The third kappa shape index (κ3) is 2.37. The van der Waals surface area contributed by atoms with E-state index in [1.54, 1.807) is 0 Å². The van der Waals surface area contributed by atoms with Gasteiger partial charge in [-0.1, -0.05) is 0 Å². The van der Waals surface area contributed by atoms with Crippen LogP contribution in [0.1, 0.15) is 0 Å². The highest BCUT2D eigenvalue weighted by Gasteiger charge is 2.13. The van der Waals surface area contributed by atoms with Crippen molar-refractivity contribution in [1.82, 2.24) is 0 Å². The summed E-state index contributed by atoms with van der Waals surface area (Å²) in [6.45, 7) is 0.